The second kappa shape index (κ2) is 7.13. The molecule has 29 heavy (non-hydrogen) atoms. The maximum atomic E-state index is 12.8. The average Bonchev–Trinajstić information content (AvgIpc) is 3.40. The fourth-order valence-corrected chi connectivity index (χ4v) is 4.81. The Morgan fingerprint density at radius 1 is 1.10 bits per heavy atom. The van der Waals surface area contributed by atoms with Gasteiger partial charge in [-0.2, -0.15) is 0 Å². The van der Waals surface area contributed by atoms with Gasteiger partial charge in [-0.05, 0) is 19.4 Å². The molecule has 1 aromatic carbocycles. The van der Waals surface area contributed by atoms with Crippen LogP contribution >= 0.6 is 0 Å². The fraction of sp³-hybridized carbons (Fsp3) is 0.455. The third-order valence-electron chi connectivity index (χ3n) is 6.30. The lowest BCUT2D eigenvalue weighted by molar-refractivity contribution is -0.129. The summed E-state index contributed by atoms with van der Waals surface area (Å²) in [7, 11) is 0. The monoisotopic (exact) mass is 390 g/mol. The van der Waals surface area contributed by atoms with E-state index in [1.165, 1.54) is 5.56 Å². The largest absolute Gasteiger partial charge is 0.354 e. The van der Waals surface area contributed by atoms with Crippen molar-refractivity contribution in [2.75, 3.05) is 31.1 Å². The van der Waals surface area contributed by atoms with Gasteiger partial charge in [0.05, 0.1) is 12.7 Å². The zero-order valence-electron chi connectivity index (χ0n) is 17.0. The van der Waals surface area contributed by atoms with Crippen LogP contribution in [0.1, 0.15) is 18.1 Å². The number of aryl methyl sites for hydroxylation is 2. The number of hydrogen-bond donors (Lipinski definition) is 0. The van der Waals surface area contributed by atoms with E-state index < -0.39 is 0 Å². The average molecular weight is 390 g/mol. The molecule has 2 aromatic heterocycles. The third-order valence-corrected chi connectivity index (χ3v) is 6.30. The van der Waals surface area contributed by atoms with Crippen molar-refractivity contribution in [3.8, 4) is 0 Å². The maximum absolute atomic E-state index is 12.8. The molecule has 1 amide bonds. The highest BCUT2D eigenvalue weighted by molar-refractivity contribution is 5.83. The van der Waals surface area contributed by atoms with Gasteiger partial charge in [0.2, 0.25) is 5.91 Å². The minimum atomic E-state index is 0.239. The van der Waals surface area contributed by atoms with Gasteiger partial charge in [0.15, 0.2) is 17.0 Å². The van der Waals surface area contributed by atoms with E-state index in [2.05, 4.69) is 50.7 Å². The SMILES string of the molecule is CCn1cnc2c(N3CC4CN(C(=O)Cc5cccc(C)c5)CC4C3)ncnc21. The molecule has 0 N–H and O–H groups in total. The molecule has 2 fully saturated rings. The third kappa shape index (κ3) is 3.24. The number of hydrogen-bond acceptors (Lipinski definition) is 5. The van der Waals surface area contributed by atoms with Crippen LogP contribution in [0.3, 0.4) is 0 Å². The molecule has 2 aliphatic rings. The molecule has 2 aliphatic heterocycles. The van der Waals surface area contributed by atoms with Crippen LogP contribution in [0.2, 0.25) is 0 Å². The molecular formula is C22H26N6O. The summed E-state index contributed by atoms with van der Waals surface area (Å²) >= 11 is 0. The number of benzene rings is 1. The quantitative estimate of drug-likeness (QED) is 0.684. The first kappa shape index (κ1) is 18.1. The van der Waals surface area contributed by atoms with Crippen LogP contribution in [-0.2, 0) is 17.8 Å². The molecule has 0 spiro atoms. The van der Waals surface area contributed by atoms with Crippen molar-refractivity contribution in [3.05, 3.63) is 48.0 Å². The summed E-state index contributed by atoms with van der Waals surface area (Å²) < 4.78 is 2.04. The molecular weight excluding hydrogens is 364 g/mol. The summed E-state index contributed by atoms with van der Waals surface area (Å²) in [4.78, 5) is 30.7. The molecule has 2 saturated heterocycles. The fourth-order valence-electron chi connectivity index (χ4n) is 4.81. The highest BCUT2D eigenvalue weighted by atomic mass is 16.2. The highest BCUT2D eigenvalue weighted by Gasteiger charge is 2.42. The number of imidazole rings is 1. The van der Waals surface area contributed by atoms with E-state index in [4.69, 9.17) is 0 Å². The molecule has 7 heteroatoms. The van der Waals surface area contributed by atoms with Crippen LogP contribution in [0.4, 0.5) is 5.82 Å². The van der Waals surface area contributed by atoms with Crippen LogP contribution in [0.25, 0.3) is 11.2 Å². The Balaban J connectivity index is 1.27. The number of anilines is 1. The zero-order valence-corrected chi connectivity index (χ0v) is 17.0. The summed E-state index contributed by atoms with van der Waals surface area (Å²) in [6, 6.07) is 8.24. The molecule has 2 atom stereocenters. The van der Waals surface area contributed by atoms with Gasteiger partial charge in [0, 0.05) is 44.6 Å². The van der Waals surface area contributed by atoms with Gasteiger partial charge < -0.3 is 14.4 Å². The number of amides is 1. The van der Waals surface area contributed by atoms with E-state index in [9.17, 15) is 4.79 Å². The number of fused-ring (bicyclic) bond motifs is 2. The summed E-state index contributed by atoms with van der Waals surface area (Å²) in [6.45, 7) is 8.51. The van der Waals surface area contributed by atoms with Crippen LogP contribution in [0.5, 0.6) is 0 Å². The van der Waals surface area contributed by atoms with Crippen molar-refractivity contribution in [2.45, 2.75) is 26.8 Å². The van der Waals surface area contributed by atoms with Crippen molar-refractivity contribution in [2.24, 2.45) is 11.8 Å². The molecule has 150 valence electrons. The first-order valence-electron chi connectivity index (χ1n) is 10.4. The summed E-state index contributed by atoms with van der Waals surface area (Å²) in [6.07, 6.45) is 3.97. The minimum Gasteiger partial charge on any atom is -0.354 e. The summed E-state index contributed by atoms with van der Waals surface area (Å²) in [5.74, 6) is 2.15. The summed E-state index contributed by atoms with van der Waals surface area (Å²) in [5, 5.41) is 0. The molecule has 0 saturated carbocycles. The van der Waals surface area contributed by atoms with Gasteiger partial charge in [0.25, 0.3) is 0 Å². The number of carbonyl (C=O) groups excluding carboxylic acids is 1. The Bertz CT molecular complexity index is 1050. The summed E-state index contributed by atoms with van der Waals surface area (Å²) in [5.41, 5.74) is 4.07. The molecule has 0 radical (unpaired) electrons. The van der Waals surface area contributed by atoms with E-state index in [-0.39, 0.29) is 5.91 Å². The van der Waals surface area contributed by atoms with E-state index in [0.29, 0.717) is 18.3 Å². The van der Waals surface area contributed by atoms with Crippen LogP contribution in [0, 0.1) is 18.8 Å². The Labute approximate surface area is 170 Å². The van der Waals surface area contributed by atoms with Gasteiger partial charge in [-0.15, -0.1) is 0 Å². The predicted molar refractivity (Wildman–Crippen MR) is 112 cm³/mol. The second-order valence-electron chi connectivity index (χ2n) is 8.29. The lowest BCUT2D eigenvalue weighted by Gasteiger charge is -2.22. The van der Waals surface area contributed by atoms with Crippen molar-refractivity contribution < 1.29 is 4.79 Å². The molecule has 3 aromatic rings. The van der Waals surface area contributed by atoms with Crippen molar-refractivity contribution in [3.63, 3.8) is 0 Å². The first-order valence-corrected chi connectivity index (χ1v) is 10.4. The molecule has 4 heterocycles. The standard InChI is InChI=1S/C22H26N6O/c1-3-26-14-25-20-21(26)23-13-24-22(20)28-11-17-9-27(10-18(17)12-28)19(29)8-16-6-4-5-15(2)7-16/h4-7,13-14,17-18H,3,8-12H2,1-2H3. The molecule has 7 nitrogen and oxygen atoms in total. The van der Waals surface area contributed by atoms with Gasteiger partial charge in [-0.25, -0.2) is 15.0 Å². The molecule has 0 aliphatic carbocycles. The molecule has 0 bridgehead atoms. The van der Waals surface area contributed by atoms with Gasteiger partial charge in [0.1, 0.15) is 6.33 Å². The normalized spacial score (nSPS) is 21.2. The topological polar surface area (TPSA) is 67.2 Å². The lowest BCUT2D eigenvalue weighted by Crippen LogP contribution is -2.34. The number of nitrogens with zero attached hydrogens (tertiary/aromatic N) is 6. The lowest BCUT2D eigenvalue weighted by atomic mass is 10.0. The number of likely N-dealkylation sites (tertiary alicyclic amines) is 1. The van der Waals surface area contributed by atoms with Gasteiger partial charge >= 0.3 is 0 Å². The first-order chi connectivity index (χ1) is 14.1. The van der Waals surface area contributed by atoms with Gasteiger partial charge in [-0.3, -0.25) is 4.79 Å². The Morgan fingerprint density at radius 2 is 1.90 bits per heavy atom. The van der Waals surface area contributed by atoms with Crippen LogP contribution in [-0.4, -0.2) is 56.5 Å². The Kier molecular flexibility index (Phi) is 4.45. The molecule has 5 rings (SSSR count). The maximum Gasteiger partial charge on any atom is 0.227 e. The van der Waals surface area contributed by atoms with E-state index >= 15 is 0 Å². The van der Waals surface area contributed by atoms with E-state index in [0.717, 1.165) is 55.3 Å². The number of carbonyl (C=O) groups is 1. The van der Waals surface area contributed by atoms with E-state index in [1.807, 2.05) is 23.0 Å². The second-order valence-corrected chi connectivity index (χ2v) is 8.29. The van der Waals surface area contributed by atoms with Gasteiger partial charge in [-0.1, -0.05) is 29.8 Å². The predicted octanol–water partition coefficient (Wildman–Crippen LogP) is 2.29. The van der Waals surface area contributed by atoms with Crippen molar-refractivity contribution in [1.29, 1.82) is 0 Å². The Hall–Kier alpha value is -2.96. The van der Waals surface area contributed by atoms with Crippen molar-refractivity contribution >= 4 is 22.9 Å². The van der Waals surface area contributed by atoms with E-state index in [1.54, 1.807) is 6.33 Å². The Morgan fingerprint density at radius 3 is 2.62 bits per heavy atom. The highest BCUT2D eigenvalue weighted by Crippen LogP contribution is 2.35. The smallest absolute Gasteiger partial charge is 0.227 e. The van der Waals surface area contributed by atoms with Crippen molar-refractivity contribution in [1.82, 2.24) is 24.4 Å². The molecule has 2 unspecified atom stereocenters. The van der Waals surface area contributed by atoms with Crippen LogP contribution in [0.15, 0.2) is 36.9 Å². The number of rotatable bonds is 4. The van der Waals surface area contributed by atoms with Crippen LogP contribution < -0.4 is 4.90 Å². The zero-order chi connectivity index (χ0) is 20.0. The number of aromatic nitrogens is 4. The minimum absolute atomic E-state index is 0.239.